The average molecular weight is 173 g/mol. The van der Waals surface area contributed by atoms with Gasteiger partial charge in [0.05, 0.1) is 0 Å². The maximum absolute atomic E-state index is 10.9. The first-order valence-corrected chi connectivity index (χ1v) is 4.55. The highest BCUT2D eigenvalue weighted by Crippen LogP contribution is 2.13. The van der Waals surface area contributed by atoms with E-state index < -0.39 is 11.5 Å². The van der Waals surface area contributed by atoms with Gasteiger partial charge in [-0.3, -0.25) is 4.79 Å². The largest absolute Gasteiger partial charge is 0.480 e. The lowest BCUT2D eigenvalue weighted by Gasteiger charge is -2.25. The number of carboxylic acid groups (broad SMARTS) is 1. The van der Waals surface area contributed by atoms with Crippen molar-refractivity contribution in [1.82, 2.24) is 5.32 Å². The van der Waals surface area contributed by atoms with Gasteiger partial charge < -0.3 is 10.4 Å². The fraction of sp³-hybridized carbons (Fsp3) is 0.889. The van der Waals surface area contributed by atoms with Crippen LogP contribution in [0.2, 0.25) is 0 Å². The lowest BCUT2D eigenvalue weighted by atomic mass is 9.95. The lowest BCUT2D eigenvalue weighted by molar-refractivity contribution is -0.144. The number of aliphatic carboxylic acids is 1. The minimum atomic E-state index is -0.752. The van der Waals surface area contributed by atoms with Gasteiger partial charge in [-0.05, 0) is 19.9 Å². The van der Waals surface area contributed by atoms with Crippen LogP contribution in [0.25, 0.3) is 0 Å². The Hall–Kier alpha value is -0.570. The summed E-state index contributed by atoms with van der Waals surface area (Å²) in [4.78, 5) is 10.9. The van der Waals surface area contributed by atoms with E-state index in [9.17, 15) is 4.79 Å². The smallest absolute Gasteiger partial charge is 0.323 e. The first kappa shape index (κ1) is 11.4. The summed E-state index contributed by atoms with van der Waals surface area (Å²) in [5, 5.41) is 11.9. The topological polar surface area (TPSA) is 49.3 Å². The second-order valence-corrected chi connectivity index (χ2v) is 3.27. The summed E-state index contributed by atoms with van der Waals surface area (Å²) < 4.78 is 0. The quantitative estimate of drug-likeness (QED) is 0.642. The molecule has 0 fully saturated rings. The molecule has 72 valence electrons. The van der Waals surface area contributed by atoms with Crippen LogP contribution >= 0.6 is 0 Å². The number of rotatable bonds is 6. The summed E-state index contributed by atoms with van der Waals surface area (Å²) in [6.07, 6.45) is 2.69. The fourth-order valence-corrected chi connectivity index (χ4v) is 1.19. The molecule has 0 aromatic heterocycles. The molecule has 2 N–H and O–H groups in total. The predicted octanol–water partition coefficient (Wildman–Crippen LogP) is 1.63. The van der Waals surface area contributed by atoms with Crippen molar-refractivity contribution in [2.24, 2.45) is 0 Å². The van der Waals surface area contributed by atoms with Gasteiger partial charge in [0.25, 0.3) is 0 Å². The summed E-state index contributed by atoms with van der Waals surface area (Å²) in [7, 11) is 0. The number of carbonyl (C=O) groups is 1. The van der Waals surface area contributed by atoms with Crippen molar-refractivity contribution in [3.05, 3.63) is 0 Å². The monoisotopic (exact) mass is 173 g/mol. The van der Waals surface area contributed by atoms with E-state index >= 15 is 0 Å². The first-order chi connectivity index (χ1) is 5.56. The Kier molecular flexibility index (Phi) is 4.90. The van der Waals surface area contributed by atoms with E-state index in [0.29, 0.717) is 13.0 Å². The van der Waals surface area contributed by atoms with Crippen molar-refractivity contribution >= 4 is 5.97 Å². The average Bonchev–Trinajstić information content (AvgIpc) is 2.01. The van der Waals surface area contributed by atoms with E-state index in [-0.39, 0.29) is 0 Å². The molecule has 1 atom stereocenters. The van der Waals surface area contributed by atoms with Crippen LogP contribution in [0.4, 0.5) is 0 Å². The van der Waals surface area contributed by atoms with Crippen molar-refractivity contribution in [2.45, 2.75) is 45.6 Å². The van der Waals surface area contributed by atoms with E-state index in [4.69, 9.17) is 5.11 Å². The normalized spacial score (nSPS) is 15.6. The standard InChI is InChI=1S/C9H19NO2/c1-4-6-7-9(3,8(11)12)10-5-2/h10H,4-7H2,1-3H3,(H,11,12). The highest BCUT2D eigenvalue weighted by molar-refractivity contribution is 5.78. The van der Waals surface area contributed by atoms with Gasteiger partial charge >= 0.3 is 5.97 Å². The van der Waals surface area contributed by atoms with Gasteiger partial charge in [-0.15, -0.1) is 0 Å². The number of hydrogen-bond donors (Lipinski definition) is 2. The molecule has 0 saturated carbocycles. The van der Waals surface area contributed by atoms with Gasteiger partial charge in [-0.25, -0.2) is 0 Å². The van der Waals surface area contributed by atoms with Crippen molar-refractivity contribution in [1.29, 1.82) is 0 Å². The molecule has 0 amide bonds. The molecule has 12 heavy (non-hydrogen) atoms. The summed E-state index contributed by atoms with van der Waals surface area (Å²) in [5.74, 6) is -0.752. The van der Waals surface area contributed by atoms with Crippen LogP contribution in [0.5, 0.6) is 0 Å². The summed E-state index contributed by atoms with van der Waals surface area (Å²) in [6, 6.07) is 0. The second-order valence-electron chi connectivity index (χ2n) is 3.27. The van der Waals surface area contributed by atoms with Crippen molar-refractivity contribution in [3.8, 4) is 0 Å². The molecule has 0 heterocycles. The Balaban J connectivity index is 4.08. The summed E-state index contributed by atoms with van der Waals surface area (Å²) in [5.41, 5.74) is -0.731. The molecule has 0 bridgehead atoms. The lowest BCUT2D eigenvalue weighted by Crippen LogP contribution is -2.49. The molecule has 0 aromatic carbocycles. The Morgan fingerprint density at radius 3 is 2.42 bits per heavy atom. The number of hydrogen-bond acceptors (Lipinski definition) is 2. The predicted molar refractivity (Wildman–Crippen MR) is 49.2 cm³/mol. The zero-order valence-corrected chi connectivity index (χ0v) is 8.18. The van der Waals surface area contributed by atoms with Crippen LogP contribution in [0.1, 0.15) is 40.0 Å². The van der Waals surface area contributed by atoms with E-state index in [0.717, 1.165) is 12.8 Å². The van der Waals surface area contributed by atoms with Crippen molar-refractivity contribution < 1.29 is 9.90 Å². The van der Waals surface area contributed by atoms with Gasteiger partial charge in [0.15, 0.2) is 0 Å². The Labute approximate surface area is 74.2 Å². The van der Waals surface area contributed by atoms with Gasteiger partial charge in [0, 0.05) is 0 Å². The molecule has 0 saturated heterocycles. The molecule has 0 radical (unpaired) electrons. The first-order valence-electron chi connectivity index (χ1n) is 4.55. The third kappa shape index (κ3) is 3.22. The van der Waals surface area contributed by atoms with Gasteiger partial charge in [-0.1, -0.05) is 26.7 Å². The summed E-state index contributed by atoms with van der Waals surface area (Å²) in [6.45, 7) is 6.43. The minimum Gasteiger partial charge on any atom is -0.480 e. The highest BCUT2D eigenvalue weighted by Gasteiger charge is 2.30. The zero-order valence-electron chi connectivity index (χ0n) is 8.18. The van der Waals surface area contributed by atoms with Crippen LogP contribution in [0.15, 0.2) is 0 Å². The molecule has 0 aliphatic carbocycles. The Morgan fingerprint density at radius 1 is 1.50 bits per heavy atom. The molecule has 0 aromatic rings. The van der Waals surface area contributed by atoms with Crippen LogP contribution in [-0.2, 0) is 4.79 Å². The van der Waals surface area contributed by atoms with E-state index in [2.05, 4.69) is 12.2 Å². The number of likely N-dealkylation sites (N-methyl/N-ethyl adjacent to an activating group) is 1. The highest BCUT2D eigenvalue weighted by atomic mass is 16.4. The second kappa shape index (κ2) is 5.14. The molecule has 3 nitrogen and oxygen atoms in total. The Morgan fingerprint density at radius 2 is 2.08 bits per heavy atom. The van der Waals surface area contributed by atoms with E-state index in [1.807, 2.05) is 6.92 Å². The van der Waals surface area contributed by atoms with Gasteiger partial charge in [0.1, 0.15) is 5.54 Å². The molecular formula is C9H19NO2. The van der Waals surface area contributed by atoms with E-state index in [1.54, 1.807) is 6.92 Å². The van der Waals surface area contributed by atoms with Crippen LogP contribution in [0, 0.1) is 0 Å². The number of carboxylic acids is 1. The maximum atomic E-state index is 10.9. The van der Waals surface area contributed by atoms with Gasteiger partial charge in [0.2, 0.25) is 0 Å². The summed E-state index contributed by atoms with van der Waals surface area (Å²) >= 11 is 0. The van der Waals surface area contributed by atoms with Crippen LogP contribution in [-0.4, -0.2) is 23.2 Å². The van der Waals surface area contributed by atoms with Crippen LogP contribution < -0.4 is 5.32 Å². The van der Waals surface area contributed by atoms with Crippen molar-refractivity contribution in [3.63, 3.8) is 0 Å². The third-order valence-corrected chi connectivity index (χ3v) is 2.07. The SMILES string of the molecule is CCCCC(C)(NCC)C(=O)O. The molecule has 0 rings (SSSR count). The molecule has 0 spiro atoms. The minimum absolute atomic E-state index is 0.701. The maximum Gasteiger partial charge on any atom is 0.323 e. The van der Waals surface area contributed by atoms with E-state index in [1.165, 1.54) is 0 Å². The Bertz CT molecular complexity index is 147. The van der Waals surface area contributed by atoms with Crippen molar-refractivity contribution in [2.75, 3.05) is 6.54 Å². The molecule has 1 unspecified atom stereocenters. The molecule has 0 aliphatic heterocycles. The molecule has 3 heteroatoms. The molecule has 0 aliphatic rings. The number of nitrogens with one attached hydrogen (secondary N) is 1. The third-order valence-electron chi connectivity index (χ3n) is 2.07. The number of unbranched alkanes of at least 4 members (excludes halogenated alkanes) is 1. The zero-order chi connectivity index (χ0) is 9.61. The molecular weight excluding hydrogens is 154 g/mol. The fourth-order valence-electron chi connectivity index (χ4n) is 1.19. The van der Waals surface area contributed by atoms with Gasteiger partial charge in [-0.2, -0.15) is 0 Å². The van der Waals surface area contributed by atoms with Crippen LogP contribution in [0.3, 0.4) is 0 Å².